The van der Waals surface area contributed by atoms with Gasteiger partial charge in [0.25, 0.3) is 0 Å². The number of hydrogen-bond acceptors (Lipinski definition) is 14. The highest BCUT2D eigenvalue weighted by atomic mass is 16.5. The Balaban J connectivity index is 0.765. The van der Waals surface area contributed by atoms with Crippen molar-refractivity contribution in [3.8, 4) is 0 Å². The monoisotopic (exact) mass is 1060 g/mol. The van der Waals surface area contributed by atoms with E-state index in [-0.39, 0.29) is 53.7 Å². The van der Waals surface area contributed by atoms with Crippen LogP contribution in [0.3, 0.4) is 0 Å². The van der Waals surface area contributed by atoms with Crippen LogP contribution in [0, 0.1) is 0 Å². The molecule has 418 valence electrons. The number of unbranched alkanes of at least 4 members (excludes halogenated alkanes) is 1. The van der Waals surface area contributed by atoms with E-state index in [4.69, 9.17) is 9.47 Å². The van der Waals surface area contributed by atoms with Crippen molar-refractivity contribution in [1.29, 1.82) is 0 Å². The molecule has 4 aliphatic heterocycles. The Morgan fingerprint density at radius 2 is 1.09 bits per heavy atom. The first kappa shape index (κ1) is 57.1. The number of hydrogen-bond donors (Lipinski definition) is 6. The number of ether oxygens (including phenoxy) is 2. The number of nitrogens with one attached hydrogen (secondary N) is 6. The second-order valence-corrected chi connectivity index (χ2v) is 21.2. The molecule has 6 heterocycles. The van der Waals surface area contributed by atoms with Crippen LogP contribution >= 0.6 is 0 Å². The topological polar surface area (TPSA) is 244 Å². The van der Waals surface area contributed by atoms with E-state index < -0.39 is 30.2 Å². The predicted octanol–water partition coefficient (Wildman–Crippen LogP) is 3.32. The average Bonchev–Trinajstić information content (AvgIpc) is 4.30. The number of amides is 5. The molecule has 4 fully saturated rings. The van der Waals surface area contributed by atoms with Crippen LogP contribution in [-0.2, 0) is 46.5 Å². The Kier molecular flexibility index (Phi) is 21.1. The minimum absolute atomic E-state index is 0.0174. The normalized spacial score (nSPS) is 23.5. The van der Waals surface area contributed by atoms with Gasteiger partial charge in [-0.1, -0.05) is 96.8 Å². The minimum Gasteiger partial charge on any atom is -0.380 e. The zero-order valence-corrected chi connectivity index (χ0v) is 45.5. The molecule has 6 N–H and O–H groups in total. The third kappa shape index (κ3) is 15.3. The number of fused-ring (bicyclic) bond motifs is 2. The van der Waals surface area contributed by atoms with Gasteiger partial charge >= 0.3 is 0 Å². The largest absolute Gasteiger partial charge is 0.380 e. The molecule has 10 atom stereocenters. The van der Waals surface area contributed by atoms with Crippen molar-refractivity contribution in [3.05, 3.63) is 95.6 Å². The zero-order valence-electron chi connectivity index (χ0n) is 45.5. The standard InChI is InChI=1S/C56H82N14O7/c1-38(57-3)52(71)59-42-21-11-12-22-43-25-27-48(69(43)35-42)54(73)61-50(40-17-7-5-8-18-40)46-36-67(65-63-46)29-33-76-31-15-16-32-77-34-30-68-37-47(64-66-68)51(41-19-9-6-10-20-41)62-55(74)49-28-26-44-23-13-14-24-45(56(75)70(44)49)60-53(72)39(2)58-4/h5-10,17-20,36-39,42-45,48-51,57-58H,11-16,21-35H2,1-4H3,(H,59,71)(H,60,72)(H,61,73)(H,62,74)/t38-,39-,42-,43-,44-,45-,48-,49-,50-,51-/m0/s1. The maximum Gasteiger partial charge on any atom is 0.246 e. The third-order valence-electron chi connectivity index (χ3n) is 16.0. The summed E-state index contributed by atoms with van der Waals surface area (Å²) in [5.74, 6) is -0.753. The highest BCUT2D eigenvalue weighted by Gasteiger charge is 2.45. The van der Waals surface area contributed by atoms with Gasteiger partial charge in [-0.25, -0.2) is 9.36 Å². The molecule has 21 nitrogen and oxygen atoms in total. The van der Waals surface area contributed by atoms with E-state index in [2.05, 4.69) is 57.4 Å². The van der Waals surface area contributed by atoms with E-state index in [0.717, 1.165) is 88.2 Å². The van der Waals surface area contributed by atoms with Crippen molar-refractivity contribution in [1.82, 2.24) is 71.7 Å². The molecule has 4 aromatic rings. The van der Waals surface area contributed by atoms with Crippen molar-refractivity contribution in [2.45, 2.75) is 177 Å². The lowest BCUT2D eigenvalue weighted by Crippen LogP contribution is -2.58. The molecule has 0 unspecified atom stereocenters. The van der Waals surface area contributed by atoms with Gasteiger partial charge < -0.3 is 46.3 Å². The Bertz CT molecular complexity index is 2510. The molecule has 77 heavy (non-hydrogen) atoms. The highest BCUT2D eigenvalue weighted by Crippen LogP contribution is 2.34. The van der Waals surface area contributed by atoms with Gasteiger partial charge in [-0.2, -0.15) is 0 Å². The number of rotatable bonds is 25. The highest BCUT2D eigenvalue weighted by molar-refractivity contribution is 5.94. The molecule has 2 aromatic carbocycles. The van der Waals surface area contributed by atoms with E-state index in [1.165, 1.54) is 0 Å². The summed E-state index contributed by atoms with van der Waals surface area (Å²) in [6.45, 7) is 7.21. The molecule has 4 saturated heterocycles. The number of benzene rings is 2. The van der Waals surface area contributed by atoms with E-state index in [1.54, 1.807) is 35.3 Å². The van der Waals surface area contributed by atoms with Crippen molar-refractivity contribution >= 4 is 29.5 Å². The van der Waals surface area contributed by atoms with E-state index >= 15 is 0 Å². The first-order valence-electron chi connectivity index (χ1n) is 28.2. The van der Waals surface area contributed by atoms with Gasteiger partial charge in [-0.3, -0.25) is 28.9 Å². The zero-order chi connectivity index (χ0) is 54.1. The molecule has 0 bridgehead atoms. The quantitative estimate of drug-likeness (QED) is 0.0522. The van der Waals surface area contributed by atoms with Crippen LogP contribution in [0.5, 0.6) is 0 Å². The molecule has 0 saturated carbocycles. The van der Waals surface area contributed by atoms with E-state index in [1.807, 2.05) is 80.0 Å². The van der Waals surface area contributed by atoms with Gasteiger partial charge in [0.2, 0.25) is 29.5 Å². The molecule has 0 aliphatic carbocycles. The van der Waals surface area contributed by atoms with E-state index in [0.29, 0.717) is 76.3 Å². The van der Waals surface area contributed by atoms with Crippen LogP contribution in [0.15, 0.2) is 73.1 Å². The Morgan fingerprint density at radius 1 is 0.597 bits per heavy atom. The molecule has 0 spiro atoms. The number of likely N-dealkylation sites (N-methyl/N-ethyl adjacent to an activating group) is 2. The Labute approximate surface area is 453 Å². The molecular formula is C56H82N14O7. The lowest BCUT2D eigenvalue weighted by atomic mass is 9.98. The van der Waals surface area contributed by atoms with Crippen LogP contribution < -0.4 is 31.9 Å². The van der Waals surface area contributed by atoms with Crippen molar-refractivity contribution in [2.75, 3.05) is 47.1 Å². The van der Waals surface area contributed by atoms with Gasteiger partial charge in [0.15, 0.2) is 0 Å². The summed E-state index contributed by atoms with van der Waals surface area (Å²) in [6, 6.07) is 16.3. The van der Waals surface area contributed by atoms with E-state index in [9.17, 15) is 24.0 Å². The number of nitrogens with zero attached hydrogens (tertiary/aromatic N) is 8. The summed E-state index contributed by atoms with van der Waals surface area (Å²) in [4.78, 5) is 72.2. The fourth-order valence-corrected chi connectivity index (χ4v) is 11.3. The van der Waals surface area contributed by atoms with Crippen LogP contribution in [0.2, 0.25) is 0 Å². The average molecular weight is 1060 g/mol. The summed E-state index contributed by atoms with van der Waals surface area (Å²) in [5, 5.41) is 36.5. The summed E-state index contributed by atoms with van der Waals surface area (Å²) in [6.07, 6.45) is 15.5. The predicted molar refractivity (Wildman–Crippen MR) is 289 cm³/mol. The first-order chi connectivity index (χ1) is 37.5. The van der Waals surface area contributed by atoms with Crippen LogP contribution in [0.4, 0.5) is 0 Å². The molecule has 4 aliphatic rings. The fraction of sp³-hybridized carbons (Fsp3) is 0.625. The smallest absolute Gasteiger partial charge is 0.246 e. The van der Waals surface area contributed by atoms with Gasteiger partial charge in [0, 0.05) is 37.9 Å². The second-order valence-electron chi connectivity index (χ2n) is 21.2. The van der Waals surface area contributed by atoms with Crippen LogP contribution in [-0.4, -0.2) is 165 Å². The molecule has 21 heteroatoms. The number of carbonyl (C=O) groups is 5. The van der Waals surface area contributed by atoms with Crippen molar-refractivity contribution < 1.29 is 33.4 Å². The lowest BCUT2D eigenvalue weighted by Gasteiger charge is -2.36. The molecule has 8 rings (SSSR count). The van der Waals surface area contributed by atoms with Crippen molar-refractivity contribution in [3.63, 3.8) is 0 Å². The maximum atomic E-state index is 14.2. The summed E-state index contributed by atoms with van der Waals surface area (Å²) in [7, 11) is 3.49. The Hall–Kier alpha value is -6.13. The van der Waals surface area contributed by atoms with Crippen LogP contribution in [0.25, 0.3) is 0 Å². The Morgan fingerprint density at radius 3 is 1.66 bits per heavy atom. The molecular weight excluding hydrogens is 981 g/mol. The first-order valence-corrected chi connectivity index (χ1v) is 28.2. The molecule has 2 aromatic heterocycles. The van der Waals surface area contributed by atoms with Gasteiger partial charge in [0.1, 0.15) is 23.5 Å². The SMILES string of the molecule is CN[C@@H](C)C(=O)N[C@H]1CCCC[C@H]2CC[C@@H](C(=O)N[C@@H](c3ccccc3)c3cn(CCOCCCCOCCn4cc([C@@H](NC(=O)[C@@H]5CC[C@@H]6CCCC[C@H](NC(=O)[C@H](C)NC)C(=O)N65)c5ccccc5)nn4)nn3)N2C1. The maximum absolute atomic E-state index is 14.2. The number of carbonyl (C=O) groups excluding carboxylic acids is 5. The van der Waals surface area contributed by atoms with Gasteiger partial charge in [-0.05, 0) is 103 Å². The fourth-order valence-electron chi connectivity index (χ4n) is 11.3. The molecule has 5 amide bonds. The van der Waals surface area contributed by atoms with Crippen LogP contribution in [0.1, 0.15) is 138 Å². The summed E-state index contributed by atoms with van der Waals surface area (Å²) >= 11 is 0. The lowest BCUT2D eigenvalue weighted by molar-refractivity contribution is -0.144. The minimum atomic E-state index is -0.682. The van der Waals surface area contributed by atoms with Gasteiger partial charge in [0.05, 0.1) is 68.9 Å². The summed E-state index contributed by atoms with van der Waals surface area (Å²) in [5.41, 5.74) is 2.99. The summed E-state index contributed by atoms with van der Waals surface area (Å²) < 4.78 is 15.4. The van der Waals surface area contributed by atoms with Gasteiger partial charge in [-0.15, -0.1) is 10.2 Å². The third-order valence-corrected chi connectivity index (χ3v) is 16.0. The number of aromatic nitrogens is 6. The molecule has 0 radical (unpaired) electrons. The van der Waals surface area contributed by atoms with Crippen molar-refractivity contribution in [2.24, 2.45) is 0 Å². The second kappa shape index (κ2) is 28.5.